The summed E-state index contributed by atoms with van der Waals surface area (Å²) < 4.78 is 5.57. The number of likely N-dealkylation sites (tertiary alicyclic amines) is 1. The Balaban J connectivity index is 1.29. The number of benzene rings is 1. The third kappa shape index (κ3) is 5.16. The van der Waals surface area contributed by atoms with Crippen LogP contribution in [-0.2, 0) is 13.0 Å². The molecule has 2 aliphatic heterocycles. The van der Waals surface area contributed by atoms with Crippen LogP contribution >= 0.6 is 0 Å². The zero-order valence-corrected chi connectivity index (χ0v) is 18.8. The van der Waals surface area contributed by atoms with Crippen LogP contribution < -0.4 is 9.64 Å². The number of methoxy groups -OCH3 is 1. The number of piperazine rings is 1. The Bertz CT molecular complexity index is 796. The highest BCUT2D eigenvalue weighted by Gasteiger charge is 2.29. The van der Waals surface area contributed by atoms with E-state index in [0.717, 1.165) is 51.4 Å². The van der Waals surface area contributed by atoms with Gasteiger partial charge in [-0.1, -0.05) is 26.0 Å². The van der Waals surface area contributed by atoms with Crippen LogP contribution in [0.3, 0.4) is 0 Å². The first-order valence-corrected chi connectivity index (χ1v) is 11.5. The standard InChI is InChI=1S/C24H37N5O/c1-19(2)15-20-16-21(26-25-20)17-27-10-6-7-22(18-27)28-11-13-29(14-12-28)23-8-4-5-9-24(23)30-3/h4-5,8-9,16,19,22H,6-7,10-15,17-18H2,1-3H3,(H,25,26)/t22-/m1/s1. The van der Waals surface area contributed by atoms with Crippen LogP contribution in [0.4, 0.5) is 5.69 Å². The summed E-state index contributed by atoms with van der Waals surface area (Å²) >= 11 is 0. The highest BCUT2D eigenvalue weighted by atomic mass is 16.5. The van der Waals surface area contributed by atoms with Crippen molar-refractivity contribution in [2.45, 2.75) is 45.7 Å². The van der Waals surface area contributed by atoms with Gasteiger partial charge < -0.3 is 9.64 Å². The van der Waals surface area contributed by atoms with Gasteiger partial charge in [0.2, 0.25) is 0 Å². The second-order valence-corrected chi connectivity index (χ2v) is 9.21. The minimum Gasteiger partial charge on any atom is -0.495 e. The SMILES string of the molecule is COc1ccccc1N1CCN([C@@H]2CCCN(Cc3cc(CC(C)C)n[nH]3)C2)CC1. The number of anilines is 1. The maximum Gasteiger partial charge on any atom is 0.142 e. The number of para-hydroxylation sites is 2. The van der Waals surface area contributed by atoms with Crippen LogP contribution in [0.2, 0.25) is 0 Å². The lowest BCUT2D eigenvalue weighted by molar-refractivity contribution is 0.0880. The lowest BCUT2D eigenvalue weighted by Crippen LogP contribution is -2.55. The van der Waals surface area contributed by atoms with Gasteiger partial charge in [-0.15, -0.1) is 0 Å². The van der Waals surface area contributed by atoms with Crippen LogP contribution in [0.5, 0.6) is 5.75 Å². The molecule has 30 heavy (non-hydrogen) atoms. The molecular formula is C24H37N5O. The maximum absolute atomic E-state index is 5.57. The molecule has 1 atom stereocenters. The molecule has 3 heterocycles. The van der Waals surface area contributed by atoms with Crippen LogP contribution in [-0.4, -0.2) is 72.4 Å². The molecule has 164 valence electrons. The van der Waals surface area contributed by atoms with Crippen molar-refractivity contribution in [2.75, 3.05) is 51.3 Å². The van der Waals surface area contributed by atoms with Crippen molar-refractivity contribution >= 4 is 5.69 Å². The van der Waals surface area contributed by atoms with Gasteiger partial charge in [-0.3, -0.25) is 14.9 Å². The van der Waals surface area contributed by atoms with Crippen LogP contribution in [0, 0.1) is 5.92 Å². The van der Waals surface area contributed by atoms with E-state index in [1.54, 1.807) is 7.11 Å². The predicted molar refractivity (Wildman–Crippen MR) is 122 cm³/mol. The molecule has 0 aliphatic carbocycles. The number of ether oxygens (including phenoxy) is 1. The Morgan fingerprint density at radius 1 is 1.13 bits per heavy atom. The quantitative estimate of drug-likeness (QED) is 0.757. The van der Waals surface area contributed by atoms with Gasteiger partial charge in [-0.25, -0.2) is 0 Å². The number of nitrogens with zero attached hydrogens (tertiary/aromatic N) is 4. The fourth-order valence-corrected chi connectivity index (χ4v) is 4.95. The molecule has 0 radical (unpaired) electrons. The molecule has 0 bridgehead atoms. The van der Waals surface area contributed by atoms with Crippen LogP contribution in [0.15, 0.2) is 30.3 Å². The molecule has 1 N–H and O–H groups in total. The van der Waals surface area contributed by atoms with Crippen molar-refractivity contribution < 1.29 is 4.74 Å². The van der Waals surface area contributed by atoms with Gasteiger partial charge in [-0.05, 0) is 49.9 Å². The zero-order valence-electron chi connectivity index (χ0n) is 18.8. The minimum atomic E-state index is 0.648. The number of H-pyrrole nitrogens is 1. The number of nitrogens with one attached hydrogen (secondary N) is 1. The number of hydrogen-bond acceptors (Lipinski definition) is 5. The Hall–Kier alpha value is -2.05. The van der Waals surface area contributed by atoms with Gasteiger partial charge in [-0.2, -0.15) is 5.10 Å². The second-order valence-electron chi connectivity index (χ2n) is 9.21. The number of piperidine rings is 1. The highest BCUT2D eigenvalue weighted by Crippen LogP contribution is 2.29. The van der Waals surface area contributed by atoms with Gasteiger partial charge in [0.25, 0.3) is 0 Å². The van der Waals surface area contributed by atoms with Gasteiger partial charge >= 0.3 is 0 Å². The van der Waals surface area contributed by atoms with E-state index in [4.69, 9.17) is 4.74 Å². The Morgan fingerprint density at radius 3 is 2.70 bits per heavy atom. The fourth-order valence-electron chi connectivity index (χ4n) is 4.95. The van der Waals surface area contributed by atoms with E-state index < -0.39 is 0 Å². The van der Waals surface area contributed by atoms with Crippen molar-refractivity contribution in [1.82, 2.24) is 20.0 Å². The summed E-state index contributed by atoms with van der Waals surface area (Å²) in [6.07, 6.45) is 3.65. The van der Waals surface area contributed by atoms with E-state index >= 15 is 0 Å². The summed E-state index contributed by atoms with van der Waals surface area (Å²) in [6, 6.07) is 11.3. The highest BCUT2D eigenvalue weighted by molar-refractivity contribution is 5.58. The van der Waals surface area contributed by atoms with Crippen LogP contribution in [0.25, 0.3) is 0 Å². The molecule has 2 fully saturated rings. The number of hydrogen-bond donors (Lipinski definition) is 1. The molecule has 0 unspecified atom stereocenters. The van der Waals surface area contributed by atoms with E-state index in [1.165, 1.54) is 36.5 Å². The predicted octanol–water partition coefficient (Wildman–Crippen LogP) is 3.40. The molecule has 4 rings (SSSR count). The lowest BCUT2D eigenvalue weighted by Gasteiger charge is -2.44. The summed E-state index contributed by atoms with van der Waals surface area (Å²) in [5.74, 6) is 1.63. The lowest BCUT2D eigenvalue weighted by atomic mass is 10.0. The van der Waals surface area contributed by atoms with E-state index in [2.05, 4.69) is 63.0 Å². The third-order valence-electron chi connectivity index (χ3n) is 6.43. The van der Waals surface area contributed by atoms with Gasteiger partial charge in [0, 0.05) is 51.0 Å². The molecule has 1 aromatic heterocycles. The smallest absolute Gasteiger partial charge is 0.142 e. The van der Waals surface area contributed by atoms with Crippen molar-refractivity contribution in [1.29, 1.82) is 0 Å². The van der Waals surface area contributed by atoms with Crippen molar-refractivity contribution in [3.8, 4) is 5.75 Å². The van der Waals surface area contributed by atoms with Crippen LogP contribution in [0.1, 0.15) is 38.1 Å². The molecular weight excluding hydrogens is 374 g/mol. The molecule has 0 spiro atoms. The Labute approximate surface area is 181 Å². The van der Waals surface area contributed by atoms with E-state index in [9.17, 15) is 0 Å². The zero-order chi connectivity index (χ0) is 20.9. The van der Waals surface area contributed by atoms with Gasteiger partial charge in [0.15, 0.2) is 0 Å². The molecule has 6 heteroatoms. The molecule has 2 aromatic rings. The average molecular weight is 412 g/mol. The minimum absolute atomic E-state index is 0.648. The fraction of sp³-hybridized carbons (Fsp3) is 0.625. The largest absolute Gasteiger partial charge is 0.495 e. The maximum atomic E-state index is 5.57. The first-order chi connectivity index (χ1) is 14.6. The monoisotopic (exact) mass is 411 g/mol. The Morgan fingerprint density at radius 2 is 1.93 bits per heavy atom. The van der Waals surface area contributed by atoms with Gasteiger partial charge in [0.05, 0.1) is 18.5 Å². The summed E-state index contributed by atoms with van der Waals surface area (Å²) in [5.41, 5.74) is 3.68. The van der Waals surface area contributed by atoms with Crippen molar-refractivity contribution in [2.24, 2.45) is 5.92 Å². The van der Waals surface area contributed by atoms with E-state index in [-0.39, 0.29) is 0 Å². The molecule has 2 saturated heterocycles. The first kappa shape index (κ1) is 21.2. The summed E-state index contributed by atoms with van der Waals surface area (Å²) in [6.45, 7) is 12.2. The number of aromatic amines is 1. The van der Waals surface area contributed by atoms with Gasteiger partial charge in [0.1, 0.15) is 5.75 Å². The molecule has 2 aliphatic rings. The Kier molecular flexibility index (Phi) is 6.95. The summed E-state index contributed by atoms with van der Waals surface area (Å²) in [7, 11) is 1.76. The molecule has 6 nitrogen and oxygen atoms in total. The molecule has 0 saturated carbocycles. The topological polar surface area (TPSA) is 47.6 Å². The molecule has 1 aromatic carbocycles. The van der Waals surface area contributed by atoms with Crippen molar-refractivity contribution in [3.63, 3.8) is 0 Å². The van der Waals surface area contributed by atoms with Crippen molar-refractivity contribution in [3.05, 3.63) is 41.7 Å². The normalized spacial score (nSPS) is 21.3. The summed E-state index contributed by atoms with van der Waals surface area (Å²) in [5, 5.41) is 7.77. The molecule has 0 amide bonds. The first-order valence-electron chi connectivity index (χ1n) is 11.5. The number of rotatable bonds is 7. The van der Waals surface area contributed by atoms with E-state index in [0.29, 0.717) is 12.0 Å². The average Bonchev–Trinajstić information content (AvgIpc) is 3.20. The second kappa shape index (κ2) is 9.84. The third-order valence-corrected chi connectivity index (χ3v) is 6.43. The number of aromatic nitrogens is 2. The van der Waals surface area contributed by atoms with E-state index in [1.807, 2.05) is 6.07 Å². The summed E-state index contributed by atoms with van der Waals surface area (Å²) in [4.78, 5) is 7.78.